The second-order valence-electron chi connectivity index (χ2n) is 9.32. The van der Waals surface area contributed by atoms with Gasteiger partial charge in [0.15, 0.2) is 0 Å². The summed E-state index contributed by atoms with van der Waals surface area (Å²) in [7, 11) is 0. The van der Waals surface area contributed by atoms with Crippen LogP contribution in [0.2, 0.25) is 0 Å². The van der Waals surface area contributed by atoms with Crippen LogP contribution in [-0.4, -0.2) is 59.7 Å². The van der Waals surface area contributed by atoms with E-state index >= 15 is 0 Å². The fourth-order valence-electron chi connectivity index (χ4n) is 4.81. The van der Waals surface area contributed by atoms with E-state index in [2.05, 4.69) is 17.6 Å². The number of aliphatic hydroxyl groups is 2. The van der Waals surface area contributed by atoms with Gasteiger partial charge in [-0.05, 0) is 38.6 Å². The van der Waals surface area contributed by atoms with Crippen LogP contribution in [0.4, 0.5) is 0 Å². The first-order valence-corrected chi connectivity index (χ1v) is 12.6. The molecular formula is C24H46N2O4. The molecule has 2 heterocycles. The first-order chi connectivity index (χ1) is 14.7. The zero-order valence-electron chi connectivity index (χ0n) is 19.1. The molecule has 5 unspecified atom stereocenters. The third kappa shape index (κ3) is 9.21. The van der Waals surface area contributed by atoms with Gasteiger partial charge in [0.05, 0.1) is 18.8 Å². The maximum Gasteiger partial charge on any atom is 0.326 e. The Morgan fingerprint density at radius 2 is 1.63 bits per heavy atom. The highest BCUT2D eigenvalue weighted by Gasteiger charge is 2.36. The van der Waals surface area contributed by atoms with Crippen LogP contribution < -0.4 is 10.6 Å². The Balaban J connectivity index is 1.57. The van der Waals surface area contributed by atoms with E-state index in [1.807, 2.05) is 0 Å². The SMILES string of the molecule is CCCCCCCCCCCCC1CCC(OC(=O)C2NCCCC2O)C(CO)N1. The van der Waals surface area contributed by atoms with Crippen molar-refractivity contribution in [3.05, 3.63) is 0 Å². The van der Waals surface area contributed by atoms with E-state index in [0.717, 1.165) is 32.2 Å². The van der Waals surface area contributed by atoms with Crippen molar-refractivity contribution in [2.24, 2.45) is 0 Å². The summed E-state index contributed by atoms with van der Waals surface area (Å²) >= 11 is 0. The molecule has 0 aliphatic carbocycles. The summed E-state index contributed by atoms with van der Waals surface area (Å²) in [5.41, 5.74) is 0. The number of unbranched alkanes of at least 4 members (excludes halogenated alkanes) is 9. The number of nitrogens with one attached hydrogen (secondary N) is 2. The lowest BCUT2D eigenvalue weighted by molar-refractivity contribution is -0.159. The molecule has 0 bridgehead atoms. The van der Waals surface area contributed by atoms with Crippen molar-refractivity contribution < 1.29 is 19.7 Å². The smallest absolute Gasteiger partial charge is 0.326 e. The second-order valence-corrected chi connectivity index (χ2v) is 9.32. The highest BCUT2D eigenvalue weighted by atomic mass is 16.5. The molecule has 0 spiro atoms. The molecule has 2 saturated heterocycles. The van der Waals surface area contributed by atoms with Crippen LogP contribution in [0.15, 0.2) is 0 Å². The van der Waals surface area contributed by atoms with Gasteiger partial charge in [-0.15, -0.1) is 0 Å². The highest BCUT2D eigenvalue weighted by molar-refractivity contribution is 5.77. The average Bonchev–Trinajstić information content (AvgIpc) is 2.76. The zero-order valence-corrected chi connectivity index (χ0v) is 19.1. The number of carbonyl (C=O) groups is 1. The van der Waals surface area contributed by atoms with Gasteiger partial charge in [0.2, 0.25) is 0 Å². The van der Waals surface area contributed by atoms with E-state index in [4.69, 9.17) is 4.74 Å². The lowest BCUT2D eigenvalue weighted by Crippen LogP contribution is -2.56. The summed E-state index contributed by atoms with van der Waals surface area (Å²) < 4.78 is 5.67. The molecule has 5 atom stereocenters. The van der Waals surface area contributed by atoms with Crippen LogP contribution in [0.5, 0.6) is 0 Å². The van der Waals surface area contributed by atoms with E-state index in [0.29, 0.717) is 12.5 Å². The number of piperidine rings is 2. The normalized spacial score (nSPS) is 29.6. The number of rotatable bonds is 14. The number of ether oxygens (including phenoxy) is 1. The van der Waals surface area contributed by atoms with Crippen LogP contribution >= 0.6 is 0 Å². The molecule has 0 radical (unpaired) electrons. The van der Waals surface area contributed by atoms with Crippen LogP contribution in [0.25, 0.3) is 0 Å². The monoisotopic (exact) mass is 426 g/mol. The van der Waals surface area contributed by atoms with Crippen LogP contribution in [0, 0.1) is 0 Å². The fraction of sp³-hybridized carbons (Fsp3) is 0.958. The predicted octanol–water partition coefficient (Wildman–Crippen LogP) is 3.44. The number of hydrogen-bond donors (Lipinski definition) is 4. The molecule has 6 heteroatoms. The lowest BCUT2D eigenvalue weighted by Gasteiger charge is -2.37. The molecule has 0 amide bonds. The summed E-state index contributed by atoms with van der Waals surface area (Å²) in [4.78, 5) is 12.4. The van der Waals surface area contributed by atoms with Crippen LogP contribution in [0.1, 0.15) is 103 Å². The minimum absolute atomic E-state index is 0.0346. The van der Waals surface area contributed by atoms with Crippen molar-refractivity contribution in [1.82, 2.24) is 10.6 Å². The summed E-state index contributed by atoms with van der Waals surface area (Å²) in [6, 6.07) is -0.455. The second kappa shape index (κ2) is 15.2. The third-order valence-electron chi connectivity index (χ3n) is 6.75. The van der Waals surface area contributed by atoms with Crippen molar-refractivity contribution in [2.45, 2.75) is 134 Å². The van der Waals surface area contributed by atoms with Gasteiger partial charge < -0.3 is 25.6 Å². The largest absolute Gasteiger partial charge is 0.459 e. The zero-order chi connectivity index (χ0) is 21.6. The Hall–Kier alpha value is -0.690. The van der Waals surface area contributed by atoms with Crippen molar-refractivity contribution in [1.29, 1.82) is 0 Å². The van der Waals surface area contributed by atoms with Crippen molar-refractivity contribution in [2.75, 3.05) is 13.2 Å². The summed E-state index contributed by atoms with van der Waals surface area (Å²) in [5.74, 6) is -0.388. The topological polar surface area (TPSA) is 90.8 Å². The van der Waals surface area contributed by atoms with E-state index < -0.39 is 12.1 Å². The van der Waals surface area contributed by atoms with Crippen LogP contribution in [-0.2, 0) is 9.53 Å². The Kier molecular flexibility index (Phi) is 12.9. The van der Waals surface area contributed by atoms with Gasteiger partial charge in [0.1, 0.15) is 12.1 Å². The van der Waals surface area contributed by atoms with Crippen LogP contribution in [0.3, 0.4) is 0 Å². The first kappa shape index (κ1) is 25.6. The molecule has 4 N–H and O–H groups in total. The van der Waals surface area contributed by atoms with Gasteiger partial charge in [-0.1, -0.05) is 71.1 Å². The fourth-order valence-corrected chi connectivity index (χ4v) is 4.81. The molecule has 0 aromatic rings. The Labute approximate surface area is 183 Å². The summed E-state index contributed by atoms with van der Waals surface area (Å²) in [5, 5.41) is 26.4. The van der Waals surface area contributed by atoms with Gasteiger partial charge in [-0.2, -0.15) is 0 Å². The molecule has 6 nitrogen and oxygen atoms in total. The van der Waals surface area contributed by atoms with Gasteiger partial charge >= 0.3 is 5.97 Å². The molecule has 0 saturated carbocycles. The Morgan fingerprint density at radius 1 is 0.967 bits per heavy atom. The minimum Gasteiger partial charge on any atom is -0.459 e. The maximum absolute atomic E-state index is 12.4. The first-order valence-electron chi connectivity index (χ1n) is 12.6. The van der Waals surface area contributed by atoms with Gasteiger partial charge in [-0.3, -0.25) is 4.79 Å². The van der Waals surface area contributed by atoms with Gasteiger partial charge in [0.25, 0.3) is 0 Å². The maximum atomic E-state index is 12.4. The summed E-state index contributed by atoms with van der Waals surface area (Å²) in [6.45, 7) is 2.95. The molecule has 176 valence electrons. The Morgan fingerprint density at radius 3 is 2.27 bits per heavy atom. The molecule has 0 aromatic heterocycles. The Bertz CT molecular complexity index is 462. The van der Waals surface area contributed by atoms with Crippen molar-refractivity contribution in [3.8, 4) is 0 Å². The van der Waals surface area contributed by atoms with Crippen molar-refractivity contribution in [3.63, 3.8) is 0 Å². The van der Waals surface area contributed by atoms with E-state index in [1.165, 1.54) is 64.2 Å². The number of esters is 1. The van der Waals surface area contributed by atoms with E-state index in [9.17, 15) is 15.0 Å². The predicted molar refractivity (Wildman–Crippen MR) is 120 cm³/mol. The summed E-state index contributed by atoms with van der Waals surface area (Å²) in [6.07, 6.45) is 16.8. The van der Waals surface area contributed by atoms with Gasteiger partial charge in [0, 0.05) is 6.04 Å². The van der Waals surface area contributed by atoms with Crippen molar-refractivity contribution >= 4 is 5.97 Å². The standard InChI is InChI=1S/C24H46N2O4/c1-2-3-4-5-6-7-8-9-10-11-13-19-15-16-22(20(18-27)26-19)30-24(29)23-21(28)14-12-17-25-23/h19-23,25-28H,2-18H2,1H3. The molecule has 2 aliphatic rings. The minimum atomic E-state index is -0.681. The lowest BCUT2D eigenvalue weighted by atomic mass is 9.92. The average molecular weight is 427 g/mol. The van der Waals surface area contributed by atoms with E-state index in [-0.39, 0.29) is 24.7 Å². The number of hydrogen-bond acceptors (Lipinski definition) is 6. The van der Waals surface area contributed by atoms with E-state index in [1.54, 1.807) is 0 Å². The molecule has 30 heavy (non-hydrogen) atoms. The third-order valence-corrected chi connectivity index (χ3v) is 6.75. The molecule has 2 fully saturated rings. The highest BCUT2D eigenvalue weighted by Crippen LogP contribution is 2.22. The molecule has 2 aliphatic heterocycles. The molecule has 2 rings (SSSR count). The van der Waals surface area contributed by atoms with Gasteiger partial charge in [-0.25, -0.2) is 0 Å². The molecular weight excluding hydrogens is 380 g/mol. The quantitative estimate of drug-likeness (QED) is 0.251. The number of aliphatic hydroxyl groups excluding tert-OH is 2. The number of carbonyl (C=O) groups excluding carboxylic acids is 1. The molecule has 0 aromatic carbocycles.